The number of aryl methyl sites for hydroxylation is 1. The van der Waals surface area contributed by atoms with Crippen molar-refractivity contribution in [2.45, 2.75) is 19.4 Å². The van der Waals surface area contributed by atoms with Crippen molar-refractivity contribution < 1.29 is 14.6 Å². The Balaban J connectivity index is 1.71. The normalized spacial score (nSPS) is 13.4. The summed E-state index contributed by atoms with van der Waals surface area (Å²) < 4.78 is 5.70. The predicted molar refractivity (Wildman–Crippen MR) is 71.5 cm³/mol. The van der Waals surface area contributed by atoms with E-state index in [9.17, 15) is 9.90 Å². The number of ketones is 1. The highest BCUT2D eigenvalue weighted by atomic mass is 16.5. The Bertz CT molecular complexity index is 614. The molecule has 0 aromatic heterocycles. The summed E-state index contributed by atoms with van der Waals surface area (Å²) >= 11 is 0. The summed E-state index contributed by atoms with van der Waals surface area (Å²) in [6, 6.07) is 12.6. The van der Waals surface area contributed by atoms with Crippen LogP contribution in [-0.2, 0) is 13.0 Å². The van der Waals surface area contributed by atoms with Crippen molar-refractivity contribution >= 4 is 5.78 Å². The van der Waals surface area contributed by atoms with Gasteiger partial charge in [-0.1, -0.05) is 12.1 Å². The van der Waals surface area contributed by atoms with Crippen LogP contribution in [0.2, 0.25) is 0 Å². The standard InChI is InChI=1S/C16H14O3/c17-13-4-1-11(2-5-13)10-19-14-6-7-15-12(9-14)3-8-16(15)18/h1-2,4-7,9,17H,3,8,10H2. The van der Waals surface area contributed by atoms with Gasteiger partial charge >= 0.3 is 0 Å². The van der Waals surface area contributed by atoms with Crippen LogP contribution in [0.5, 0.6) is 11.5 Å². The van der Waals surface area contributed by atoms with E-state index in [1.807, 2.05) is 30.3 Å². The van der Waals surface area contributed by atoms with E-state index in [4.69, 9.17) is 4.74 Å². The van der Waals surface area contributed by atoms with Crippen LogP contribution in [0, 0.1) is 0 Å². The van der Waals surface area contributed by atoms with Crippen molar-refractivity contribution in [3.63, 3.8) is 0 Å². The third-order valence-corrected chi connectivity index (χ3v) is 3.34. The van der Waals surface area contributed by atoms with E-state index >= 15 is 0 Å². The number of hydrogen-bond acceptors (Lipinski definition) is 3. The maximum atomic E-state index is 11.5. The minimum Gasteiger partial charge on any atom is -0.508 e. The SMILES string of the molecule is O=C1CCc2cc(OCc3ccc(O)cc3)ccc21. The molecule has 0 radical (unpaired) electrons. The number of aromatic hydroxyl groups is 1. The molecule has 1 aliphatic carbocycles. The third-order valence-electron chi connectivity index (χ3n) is 3.34. The quantitative estimate of drug-likeness (QED) is 0.915. The Labute approximate surface area is 111 Å². The van der Waals surface area contributed by atoms with E-state index in [-0.39, 0.29) is 11.5 Å². The number of phenols is 1. The van der Waals surface area contributed by atoms with Crippen LogP contribution in [0.25, 0.3) is 0 Å². The van der Waals surface area contributed by atoms with Crippen molar-refractivity contribution in [1.29, 1.82) is 0 Å². The van der Waals surface area contributed by atoms with Gasteiger partial charge < -0.3 is 9.84 Å². The van der Waals surface area contributed by atoms with Gasteiger partial charge in [0.15, 0.2) is 5.78 Å². The number of carbonyl (C=O) groups excluding carboxylic acids is 1. The van der Waals surface area contributed by atoms with Crippen molar-refractivity contribution in [2.24, 2.45) is 0 Å². The predicted octanol–water partition coefficient (Wildman–Crippen LogP) is 3.10. The Kier molecular flexibility index (Phi) is 2.95. The van der Waals surface area contributed by atoms with E-state index < -0.39 is 0 Å². The van der Waals surface area contributed by atoms with Crippen LogP contribution < -0.4 is 4.74 Å². The molecule has 0 amide bonds. The number of ether oxygens (including phenoxy) is 1. The van der Waals surface area contributed by atoms with Gasteiger partial charge in [-0.2, -0.15) is 0 Å². The first-order valence-corrected chi connectivity index (χ1v) is 6.29. The topological polar surface area (TPSA) is 46.5 Å². The third kappa shape index (κ3) is 2.45. The van der Waals surface area contributed by atoms with Crippen molar-refractivity contribution in [3.8, 4) is 11.5 Å². The highest BCUT2D eigenvalue weighted by Crippen LogP contribution is 2.26. The fraction of sp³-hybridized carbons (Fsp3) is 0.188. The molecule has 19 heavy (non-hydrogen) atoms. The average molecular weight is 254 g/mol. The van der Waals surface area contributed by atoms with Gasteiger partial charge in [-0.25, -0.2) is 0 Å². The summed E-state index contributed by atoms with van der Waals surface area (Å²) in [7, 11) is 0. The van der Waals surface area contributed by atoms with Gasteiger partial charge in [-0.05, 0) is 47.9 Å². The molecular formula is C16H14O3. The average Bonchev–Trinajstić information content (AvgIpc) is 2.79. The zero-order valence-electron chi connectivity index (χ0n) is 10.4. The number of rotatable bonds is 3. The molecule has 96 valence electrons. The lowest BCUT2D eigenvalue weighted by Gasteiger charge is -2.08. The second-order valence-electron chi connectivity index (χ2n) is 4.70. The molecule has 0 saturated heterocycles. The lowest BCUT2D eigenvalue weighted by molar-refractivity contribution is 0.0994. The summed E-state index contributed by atoms with van der Waals surface area (Å²) in [5.74, 6) is 1.25. The highest BCUT2D eigenvalue weighted by Gasteiger charge is 2.19. The Hall–Kier alpha value is -2.29. The maximum absolute atomic E-state index is 11.5. The first kappa shape index (κ1) is 11.8. The van der Waals surface area contributed by atoms with Crippen molar-refractivity contribution in [3.05, 3.63) is 59.2 Å². The Morgan fingerprint density at radius 1 is 1.05 bits per heavy atom. The molecule has 0 heterocycles. The van der Waals surface area contributed by atoms with Gasteiger partial charge in [0, 0.05) is 12.0 Å². The van der Waals surface area contributed by atoms with Gasteiger partial charge in [-0.3, -0.25) is 4.79 Å². The molecule has 0 bridgehead atoms. The van der Waals surface area contributed by atoms with Gasteiger partial charge in [0.2, 0.25) is 0 Å². The number of fused-ring (bicyclic) bond motifs is 1. The number of benzene rings is 2. The molecule has 0 fully saturated rings. The lowest BCUT2D eigenvalue weighted by Crippen LogP contribution is -1.96. The molecule has 2 aromatic rings. The van der Waals surface area contributed by atoms with Gasteiger partial charge in [0.1, 0.15) is 18.1 Å². The van der Waals surface area contributed by atoms with Crippen LogP contribution in [0.15, 0.2) is 42.5 Å². The Morgan fingerprint density at radius 2 is 1.84 bits per heavy atom. The van der Waals surface area contributed by atoms with E-state index in [0.29, 0.717) is 13.0 Å². The summed E-state index contributed by atoms with van der Waals surface area (Å²) in [5.41, 5.74) is 2.90. The first-order valence-electron chi connectivity index (χ1n) is 6.29. The number of carbonyl (C=O) groups is 1. The monoisotopic (exact) mass is 254 g/mol. The highest BCUT2D eigenvalue weighted by molar-refractivity contribution is 6.00. The van der Waals surface area contributed by atoms with Crippen LogP contribution in [0.1, 0.15) is 27.9 Å². The van der Waals surface area contributed by atoms with Gasteiger partial charge in [-0.15, -0.1) is 0 Å². The van der Waals surface area contributed by atoms with Crippen LogP contribution in [0.4, 0.5) is 0 Å². The zero-order valence-corrected chi connectivity index (χ0v) is 10.4. The second kappa shape index (κ2) is 4.76. The lowest BCUT2D eigenvalue weighted by atomic mass is 10.1. The molecule has 0 spiro atoms. The zero-order chi connectivity index (χ0) is 13.2. The molecule has 1 aliphatic rings. The molecule has 0 unspecified atom stereocenters. The van der Waals surface area contributed by atoms with Gasteiger partial charge in [0.25, 0.3) is 0 Å². The Morgan fingerprint density at radius 3 is 2.63 bits per heavy atom. The summed E-state index contributed by atoms with van der Waals surface area (Å²) in [6.07, 6.45) is 1.42. The van der Waals surface area contributed by atoms with Crippen LogP contribution in [-0.4, -0.2) is 10.9 Å². The largest absolute Gasteiger partial charge is 0.508 e. The van der Waals surface area contributed by atoms with E-state index in [0.717, 1.165) is 28.9 Å². The molecule has 3 rings (SSSR count). The van der Waals surface area contributed by atoms with Crippen molar-refractivity contribution in [1.82, 2.24) is 0 Å². The molecule has 0 aliphatic heterocycles. The number of phenolic OH excluding ortho intramolecular Hbond substituents is 1. The molecule has 0 atom stereocenters. The molecule has 2 aromatic carbocycles. The maximum Gasteiger partial charge on any atom is 0.163 e. The first-order chi connectivity index (χ1) is 9.22. The van der Waals surface area contributed by atoms with Crippen LogP contribution in [0.3, 0.4) is 0 Å². The van der Waals surface area contributed by atoms with E-state index in [1.165, 1.54) is 0 Å². The molecule has 0 saturated carbocycles. The van der Waals surface area contributed by atoms with Gasteiger partial charge in [0.05, 0.1) is 0 Å². The molecule has 3 nitrogen and oxygen atoms in total. The minimum atomic E-state index is 0.222. The molecule has 1 N–H and O–H groups in total. The van der Waals surface area contributed by atoms with E-state index in [1.54, 1.807) is 12.1 Å². The van der Waals surface area contributed by atoms with E-state index in [2.05, 4.69) is 0 Å². The summed E-state index contributed by atoms with van der Waals surface area (Å²) in [5, 5.41) is 9.20. The fourth-order valence-corrected chi connectivity index (χ4v) is 2.28. The summed E-state index contributed by atoms with van der Waals surface area (Å²) in [4.78, 5) is 11.5. The van der Waals surface area contributed by atoms with Crippen LogP contribution >= 0.6 is 0 Å². The van der Waals surface area contributed by atoms with Crippen molar-refractivity contribution in [2.75, 3.05) is 0 Å². The smallest absolute Gasteiger partial charge is 0.163 e. The molecular weight excluding hydrogens is 240 g/mol. The fourth-order valence-electron chi connectivity index (χ4n) is 2.28. The minimum absolute atomic E-state index is 0.222. The second-order valence-corrected chi connectivity index (χ2v) is 4.70. The molecule has 3 heteroatoms. The number of Topliss-reactive ketones (excluding diaryl/α,β-unsaturated/α-hetero) is 1. The summed E-state index contributed by atoms with van der Waals surface area (Å²) in [6.45, 7) is 0.451. The number of hydrogen-bond donors (Lipinski definition) is 1.